The van der Waals surface area contributed by atoms with E-state index in [2.05, 4.69) is 0 Å². The Kier molecular flexibility index (Phi) is 6.37. The third-order valence-electron chi connectivity index (χ3n) is 3.01. The molecule has 8 heteroatoms. The Hall–Kier alpha value is -1.44. The van der Waals surface area contributed by atoms with Gasteiger partial charge in [-0.25, -0.2) is 4.39 Å². The van der Waals surface area contributed by atoms with E-state index in [9.17, 15) is 14.0 Å². The van der Waals surface area contributed by atoms with E-state index in [0.29, 0.717) is 0 Å². The average Bonchev–Trinajstić information content (AvgIpc) is 2.76. The van der Waals surface area contributed by atoms with Crippen molar-refractivity contribution >= 4 is 57.9 Å². The summed E-state index contributed by atoms with van der Waals surface area (Å²) in [5, 5.41) is 0.191. The van der Waals surface area contributed by atoms with Crippen LogP contribution in [0.2, 0.25) is 5.02 Å². The molecule has 1 heterocycles. The van der Waals surface area contributed by atoms with Crippen molar-refractivity contribution in [2.24, 2.45) is 5.92 Å². The van der Waals surface area contributed by atoms with Crippen LogP contribution < -0.4 is 0 Å². The first-order valence-electron chi connectivity index (χ1n) is 7.14. The number of carbonyl (C=O) groups excluding carboxylic acids is 2. The predicted molar refractivity (Wildman–Crippen MR) is 97.1 cm³/mol. The summed E-state index contributed by atoms with van der Waals surface area (Å²) >= 11 is 12.1. The van der Waals surface area contributed by atoms with Crippen LogP contribution in [0.15, 0.2) is 23.1 Å². The minimum absolute atomic E-state index is 0.113. The lowest BCUT2D eigenvalue weighted by atomic mass is 10.2. The first kappa shape index (κ1) is 18.9. The van der Waals surface area contributed by atoms with Crippen molar-refractivity contribution in [1.29, 1.82) is 0 Å². The van der Waals surface area contributed by atoms with Gasteiger partial charge in [0.05, 0.1) is 16.5 Å². The number of carbonyl (C=O) groups is 2. The molecule has 24 heavy (non-hydrogen) atoms. The van der Waals surface area contributed by atoms with Crippen molar-refractivity contribution < 1.29 is 18.7 Å². The summed E-state index contributed by atoms with van der Waals surface area (Å²) in [4.78, 5) is 25.5. The molecule has 1 saturated heterocycles. The van der Waals surface area contributed by atoms with E-state index in [4.69, 9.17) is 28.6 Å². The van der Waals surface area contributed by atoms with E-state index in [1.54, 1.807) is 0 Å². The van der Waals surface area contributed by atoms with Gasteiger partial charge >= 0.3 is 5.97 Å². The van der Waals surface area contributed by atoms with Crippen molar-refractivity contribution in [2.75, 3.05) is 13.2 Å². The molecule has 0 radical (unpaired) electrons. The maximum atomic E-state index is 13.8. The fourth-order valence-corrected chi connectivity index (χ4v) is 3.30. The Labute approximate surface area is 154 Å². The van der Waals surface area contributed by atoms with Gasteiger partial charge in [-0.15, -0.1) is 0 Å². The first-order valence-corrected chi connectivity index (χ1v) is 8.75. The molecule has 0 unspecified atom stereocenters. The summed E-state index contributed by atoms with van der Waals surface area (Å²) in [5.41, 5.74) is 0.113. The summed E-state index contributed by atoms with van der Waals surface area (Å²) in [5.74, 6) is -1.34. The summed E-state index contributed by atoms with van der Waals surface area (Å²) in [7, 11) is 0. The van der Waals surface area contributed by atoms with E-state index in [1.165, 1.54) is 24.3 Å². The lowest BCUT2D eigenvalue weighted by Gasteiger charge is -2.14. The monoisotopic (exact) mass is 387 g/mol. The number of hydrogen-bond acceptors (Lipinski definition) is 5. The fraction of sp³-hybridized carbons (Fsp3) is 0.312. The van der Waals surface area contributed by atoms with E-state index in [0.717, 1.165) is 16.7 Å². The van der Waals surface area contributed by atoms with Crippen LogP contribution >= 0.6 is 35.6 Å². The maximum Gasteiger partial charge on any atom is 0.326 e. The minimum atomic E-state index is -0.538. The standard InChI is InChI=1S/C16H15ClFNO3S2/c1-9(2)8-22-14(20)7-19-15(21)13(24-16(19)23)6-10-11(17)4-3-5-12(10)18/h3-6,9H,7-8H2,1-2H3/b13-6-. The summed E-state index contributed by atoms with van der Waals surface area (Å²) in [6.07, 6.45) is 1.34. The molecule has 4 nitrogen and oxygen atoms in total. The van der Waals surface area contributed by atoms with Crippen molar-refractivity contribution in [1.82, 2.24) is 4.90 Å². The summed E-state index contributed by atoms with van der Waals surface area (Å²) in [6, 6.07) is 4.26. The van der Waals surface area contributed by atoms with Gasteiger partial charge in [0, 0.05) is 5.56 Å². The van der Waals surface area contributed by atoms with Gasteiger partial charge in [-0.05, 0) is 24.1 Å². The van der Waals surface area contributed by atoms with Gasteiger partial charge in [0.1, 0.15) is 16.7 Å². The smallest absolute Gasteiger partial charge is 0.326 e. The van der Waals surface area contributed by atoms with Gasteiger partial charge in [0.25, 0.3) is 5.91 Å². The zero-order valence-electron chi connectivity index (χ0n) is 13.0. The second kappa shape index (κ2) is 8.09. The normalized spacial score (nSPS) is 16.4. The van der Waals surface area contributed by atoms with Gasteiger partial charge in [-0.2, -0.15) is 0 Å². The number of benzene rings is 1. The molecule has 1 aliphatic heterocycles. The maximum absolute atomic E-state index is 13.8. The molecular formula is C16H15ClFNO3S2. The highest BCUT2D eigenvalue weighted by Gasteiger charge is 2.34. The molecule has 128 valence electrons. The number of thioether (sulfide) groups is 1. The van der Waals surface area contributed by atoms with Crippen molar-refractivity contribution in [3.05, 3.63) is 39.5 Å². The second-order valence-electron chi connectivity index (χ2n) is 5.48. The third-order valence-corrected chi connectivity index (χ3v) is 4.72. The highest BCUT2D eigenvalue weighted by Crippen LogP contribution is 2.34. The first-order chi connectivity index (χ1) is 11.3. The largest absolute Gasteiger partial charge is 0.464 e. The Balaban J connectivity index is 2.14. The quantitative estimate of drug-likeness (QED) is 0.436. The number of amides is 1. The molecule has 1 aromatic rings. The lowest BCUT2D eigenvalue weighted by Crippen LogP contribution is -2.34. The Morgan fingerprint density at radius 2 is 2.21 bits per heavy atom. The number of esters is 1. The molecule has 1 fully saturated rings. The number of halogens is 2. The van der Waals surface area contributed by atoms with Crippen molar-refractivity contribution in [3.63, 3.8) is 0 Å². The van der Waals surface area contributed by atoms with Crippen LogP contribution in [0.4, 0.5) is 4.39 Å². The molecule has 0 spiro atoms. The van der Waals surface area contributed by atoms with E-state index >= 15 is 0 Å². The van der Waals surface area contributed by atoms with Gasteiger partial charge in [0.15, 0.2) is 0 Å². The van der Waals surface area contributed by atoms with Crippen LogP contribution in [0.3, 0.4) is 0 Å². The van der Waals surface area contributed by atoms with E-state index in [1.807, 2.05) is 13.8 Å². The molecular weight excluding hydrogens is 373 g/mol. The SMILES string of the molecule is CC(C)COC(=O)CN1C(=O)/C(=C/c2c(F)cccc2Cl)SC1=S. The van der Waals surface area contributed by atoms with E-state index in [-0.39, 0.29) is 38.9 Å². The highest BCUT2D eigenvalue weighted by molar-refractivity contribution is 8.26. The van der Waals surface area contributed by atoms with Crippen LogP contribution in [-0.2, 0) is 14.3 Å². The predicted octanol–water partition coefficient (Wildman–Crippen LogP) is 3.88. The molecule has 0 aliphatic carbocycles. The van der Waals surface area contributed by atoms with Crippen LogP contribution in [0.25, 0.3) is 6.08 Å². The van der Waals surface area contributed by atoms with Gasteiger partial charge < -0.3 is 4.74 Å². The highest BCUT2D eigenvalue weighted by atomic mass is 35.5. The molecule has 0 atom stereocenters. The minimum Gasteiger partial charge on any atom is -0.464 e. The average molecular weight is 388 g/mol. The molecule has 1 amide bonds. The molecule has 0 aromatic heterocycles. The van der Waals surface area contributed by atoms with Gasteiger partial charge in [-0.1, -0.05) is 55.5 Å². The summed E-state index contributed by atoms with van der Waals surface area (Å²) in [6.45, 7) is 3.83. The fourth-order valence-electron chi connectivity index (χ4n) is 1.85. The molecule has 2 rings (SSSR count). The van der Waals surface area contributed by atoms with Crippen LogP contribution in [0, 0.1) is 11.7 Å². The Bertz CT molecular complexity index is 701. The number of ether oxygens (including phenoxy) is 1. The number of rotatable bonds is 5. The zero-order chi connectivity index (χ0) is 17.9. The van der Waals surface area contributed by atoms with E-state index < -0.39 is 17.7 Å². The topological polar surface area (TPSA) is 46.6 Å². The van der Waals surface area contributed by atoms with Crippen molar-refractivity contribution in [2.45, 2.75) is 13.8 Å². The molecule has 0 N–H and O–H groups in total. The Morgan fingerprint density at radius 3 is 2.83 bits per heavy atom. The van der Waals surface area contributed by atoms with Crippen LogP contribution in [0.5, 0.6) is 0 Å². The Morgan fingerprint density at radius 1 is 1.50 bits per heavy atom. The molecule has 0 saturated carbocycles. The molecule has 1 aliphatic rings. The van der Waals surface area contributed by atoms with Crippen LogP contribution in [-0.4, -0.2) is 34.2 Å². The summed E-state index contributed by atoms with van der Waals surface area (Å²) < 4.78 is 19.1. The second-order valence-corrected chi connectivity index (χ2v) is 7.56. The van der Waals surface area contributed by atoms with Crippen molar-refractivity contribution in [3.8, 4) is 0 Å². The number of thiocarbonyl (C=S) groups is 1. The zero-order valence-corrected chi connectivity index (χ0v) is 15.4. The lowest BCUT2D eigenvalue weighted by molar-refractivity contribution is -0.147. The number of hydrogen-bond donors (Lipinski definition) is 0. The number of nitrogens with zero attached hydrogens (tertiary/aromatic N) is 1. The van der Waals surface area contributed by atoms with Gasteiger partial charge in [0.2, 0.25) is 0 Å². The third kappa shape index (κ3) is 4.55. The molecule has 0 bridgehead atoms. The molecule has 1 aromatic carbocycles. The van der Waals surface area contributed by atoms with Crippen LogP contribution in [0.1, 0.15) is 19.4 Å². The van der Waals surface area contributed by atoms with Gasteiger partial charge in [-0.3, -0.25) is 14.5 Å².